The lowest BCUT2D eigenvalue weighted by molar-refractivity contribution is 0.340. The minimum absolute atomic E-state index is 0.0321. The molecule has 1 aromatic heterocycles. The number of phenolic OH excluding ortho intramolecular Hbond substituents is 1. The van der Waals surface area contributed by atoms with Gasteiger partial charge in [0.15, 0.2) is 17.3 Å². The lowest BCUT2D eigenvalue weighted by Gasteiger charge is -2.07. The number of aromatic amines is 1. The monoisotopic (exact) mass is 448 g/mol. The van der Waals surface area contributed by atoms with Gasteiger partial charge in [0.1, 0.15) is 5.75 Å². The van der Waals surface area contributed by atoms with Crippen LogP contribution in [0.15, 0.2) is 46.0 Å². The molecule has 0 spiro atoms. The predicted molar refractivity (Wildman–Crippen MR) is 109 cm³/mol. The fourth-order valence-corrected chi connectivity index (χ4v) is 3.04. The number of H-pyrrole nitrogens is 1. The molecule has 1 heterocycles. The molecule has 0 amide bonds. The van der Waals surface area contributed by atoms with E-state index in [0.717, 1.165) is 16.9 Å². The average molecular weight is 449 g/mol. The van der Waals surface area contributed by atoms with Gasteiger partial charge in [-0.05, 0) is 77.0 Å². The standard InChI is InChI=1S/C18H17BrN4O3S/c1-3-26-13-6-4-12(5-7-13)17-21-22-18(27)23(17)20-10-11-8-14(19)16(24)15(9-11)25-2/h4-10,24H,3H2,1-2H3,(H,22,27). The maximum atomic E-state index is 9.91. The number of rotatable bonds is 6. The zero-order valence-corrected chi connectivity index (χ0v) is 17.0. The third kappa shape index (κ3) is 4.20. The molecular weight excluding hydrogens is 432 g/mol. The molecule has 9 heteroatoms. The van der Waals surface area contributed by atoms with Gasteiger partial charge in [-0.25, -0.2) is 5.10 Å². The van der Waals surface area contributed by atoms with Crippen molar-refractivity contribution < 1.29 is 14.6 Å². The summed E-state index contributed by atoms with van der Waals surface area (Å²) in [6.45, 7) is 2.54. The van der Waals surface area contributed by atoms with Crippen LogP contribution in [0.5, 0.6) is 17.2 Å². The third-order valence-electron chi connectivity index (χ3n) is 3.67. The number of hydrogen-bond acceptors (Lipinski definition) is 6. The average Bonchev–Trinajstić information content (AvgIpc) is 3.04. The van der Waals surface area contributed by atoms with Gasteiger partial charge >= 0.3 is 0 Å². The maximum Gasteiger partial charge on any atom is 0.216 e. The van der Waals surface area contributed by atoms with Crippen LogP contribution in [0.4, 0.5) is 0 Å². The molecule has 0 atom stereocenters. The number of aromatic nitrogens is 3. The molecule has 0 unspecified atom stereocenters. The van der Waals surface area contributed by atoms with Crippen LogP contribution in [-0.4, -0.2) is 39.9 Å². The highest BCUT2D eigenvalue weighted by Gasteiger charge is 2.10. The molecule has 0 aliphatic heterocycles. The van der Waals surface area contributed by atoms with E-state index in [0.29, 0.717) is 27.4 Å². The lowest BCUT2D eigenvalue weighted by Crippen LogP contribution is -1.96. The van der Waals surface area contributed by atoms with E-state index in [2.05, 4.69) is 31.2 Å². The fourth-order valence-electron chi connectivity index (χ4n) is 2.40. The fraction of sp³-hybridized carbons (Fsp3) is 0.167. The maximum absolute atomic E-state index is 9.91. The summed E-state index contributed by atoms with van der Waals surface area (Å²) < 4.78 is 13.0. The van der Waals surface area contributed by atoms with E-state index in [1.165, 1.54) is 11.8 Å². The van der Waals surface area contributed by atoms with Crippen LogP contribution in [-0.2, 0) is 0 Å². The SMILES string of the molecule is CCOc1ccc(-c2n[nH]c(=S)n2N=Cc2cc(Br)c(O)c(OC)c2)cc1. The molecule has 3 rings (SSSR count). The molecule has 27 heavy (non-hydrogen) atoms. The van der Waals surface area contributed by atoms with E-state index >= 15 is 0 Å². The van der Waals surface area contributed by atoms with Crippen molar-refractivity contribution >= 4 is 34.4 Å². The van der Waals surface area contributed by atoms with Crippen molar-refractivity contribution in [2.75, 3.05) is 13.7 Å². The second-order valence-corrected chi connectivity index (χ2v) is 6.66. The van der Waals surface area contributed by atoms with Crippen LogP contribution in [0.2, 0.25) is 0 Å². The zero-order chi connectivity index (χ0) is 19.4. The molecule has 0 bridgehead atoms. The minimum Gasteiger partial charge on any atom is -0.503 e. The summed E-state index contributed by atoms with van der Waals surface area (Å²) in [5.74, 6) is 1.73. The molecule has 0 fully saturated rings. The number of aromatic hydroxyl groups is 1. The Morgan fingerprint density at radius 1 is 1.33 bits per heavy atom. The number of benzene rings is 2. The van der Waals surface area contributed by atoms with Gasteiger partial charge in [0.2, 0.25) is 4.77 Å². The topological polar surface area (TPSA) is 84.7 Å². The summed E-state index contributed by atoms with van der Waals surface area (Å²) in [5.41, 5.74) is 1.56. The van der Waals surface area contributed by atoms with Crippen LogP contribution in [0.3, 0.4) is 0 Å². The van der Waals surface area contributed by atoms with Gasteiger partial charge in [-0.15, -0.1) is 0 Å². The van der Waals surface area contributed by atoms with Gasteiger partial charge in [-0.3, -0.25) is 0 Å². The first kappa shape index (κ1) is 19.1. The van der Waals surface area contributed by atoms with E-state index < -0.39 is 0 Å². The van der Waals surface area contributed by atoms with Crippen molar-refractivity contribution in [2.45, 2.75) is 6.92 Å². The highest BCUT2D eigenvalue weighted by Crippen LogP contribution is 2.34. The Bertz CT molecular complexity index is 1030. The first-order valence-corrected chi connectivity index (χ1v) is 9.25. The summed E-state index contributed by atoms with van der Waals surface area (Å²) in [4.78, 5) is 0. The molecule has 2 aromatic carbocycles. The molecule has 140 valence electrons. The summed E-state index contributed by atoms with van der Waals surface area (Å²) in [6.07, 6.45) is 1.61. The van der Waals surface area contributed by atoms with Crippen molar-refractivity contribution in [1.29, 1.82) is 0 Å². The quantitative estimate of drug-likeness (QED) is 0.432. The summed E-state index contributed by atoms with van der Waals surface area (Å²) in [7, 11) is 1.48. The van der Waals surface area contributed by atoms with Crippen molar-refractivity contribution in [2.24, 2.45) is 5.10 Å². The predicted octanol–water partition coefficient (Wildman–Crippen LogP) is 4.37. The molecular formula is C18H17BrN4O3S. The number of methoxy groups -OCH3 is 1. The second kappa shape index (κ2) is 8.36. The van der Waals surface area contributed by atoms with Gasteiger partial charge in [0.05, 0.1) is 24.4 Å². The molecule has 0 aliphatic carbocycles. The number of nitrogens with one attached hydrogen (secondary N) is 1. The normalized spacial score (nSPS) is 11.1. The molecule has 7 nitrogen and oxygen atoms in total. The molecule has 0 radical (unpaired) electrons. The van der Waals surface area contributed by atoms with Gasteiger partial charge in [-0.2, -0.15) is 14.9 Å². The Morgan fingerprint density at radius 3 is 2.74 bits per heavy atom. The number of halogens is 1. The van der Waals surface area contributed by atoms with Crippen molar-refractivity contribution in [3.8, 4) is 28.6 Å². The van der Waals surface area contributed by atoms with E-state index in [-0.39, 0.29) is 5.75 Å². The number of ether oxygens (including phenoxy) is 2. The van der Waals surface area contributed by atoms with Crippen LogP contribution >= 0.6 is 28.1 Å². The molecule has 0 saturated carbocycles. The molecule has 2 N–H and O–H groups in total. The lowest BCUT2D eigenvalue weighted by atomic mass is 10.2. The van der Waals surface area contributed by atoms with Crippen molar-refractivity contribution in [3.63, 3.8) is 0 Å². The van der Waals surface area contributed by atoms with Crippen LogP contribution in [0.1, 0.15) is 12.5 Å². The number of nitrogens with zero attached hydrogens (tertiary/aromatic N) is 3. The van der Waals surface area contributed by atoms with Gasteiger partial charge in [0, 0.05) is 5.56 Å². The van der Waals surface area contributed by atoms with Gasteiger partial charge in [0.25, 0.3) is 0 Å². The Labute approximate surface area is 169 Å². The Morgan fingerprint density at radius 2 is 2.07 bits per heavy atom. The highest BCUT2D eigenvalue weighted by atomic mass is 79.9. The third-order valence-corrected chi connectivity index (χ3v) is 4.54. The first-order valence-electron chi connectivity index (χ1n) is 8.05. The second-order valence-electron chi connectivity index (χ2n) is 5.42. The van der Waals surface area contributed by atoms with Crippen molar-refractivity contribution in [3.05, 3.63) is 51.2 Å². The molecule has 0 saturated heterocycles. The van der Waals surface area contributed by atoms with E-state index in [9.17, 15) is 5.11 Å². The van der Waals surface area contributed by atoms with Gasteiger partial charge in [-0.1, -0.05) is 0 Å². The van der Waals surface area contributed by atoms with E-state index in [4.69, 9.17) is 21.7 Å². The van der Waals surface area contributed by atoms with Gasteiger partial charge < -0.3 is 14.6 Å². The van der Waals surface area contributed by atoms with E-state index in [1.807, 2.05) is 31.2 Å². The highest BCUT2D eigenvalue weighted by molar-refractivity contribution is 9.10. The number of phenols is 1. The van der Waals surface area contributed by atoms with Crippen LogP contribution in [0.25, 0.3) is 11.4 Å². The Kier molecular flexibility index (Phi) is 5.92. The summed E-state index contributed by atoms with van der Waals surface area (Å²) in [6, 6.07) is 10.9. The van der Waals surface area contributed by atoms with Crippen LogP contribution < -0.4 is 9.47 Å². The summed E-state index contributed by atoms with van der Waals surface area (Å²) >= 11 is 8.58. The zero-order valence-electron chi connectivity index (χ0n) is 14.6. The Balaban J connectivity index is 1.95. The minimum atomic E-state index is 0.0321. The first-order chi connectivity index (χ1) is 13.0. The van der Waals surface area contributed by atoms with Crippen LogP contribution in [0, 0.1) is 4.77 Å². The Hall–Kier alpha value is -2.65. The molecule has 3 aromatic rings. The van der Waals surface area contributed by atoms with E-state index in [1.54, 1.807) is 18.3 Å². The molecule has 0 aliphatic rings. The smallest absolute Gasteiger partial charge is 0.216 e. The number of hydrogen-bond donors (Lipinski definition) is 2. The summed E-state index contributed by atoms with van der Waals surface area (Å²) in [5, 5.41) is 21.3. The largest absolute Gasteiger partial charge is 0.503 e. The van der Waals surface area contributed by atoms with Crippen molar-refractivity contribution in [1.82, 2.24) is 14.9 Å².